The van der Waals surface area contributed by atoms with Crippen LogP contribution in [0, 0.1) is 0 Å². The average Bonchev–Trinajstić information content (AvgIpc) is 2.39. The maximum absolute atomic E-state index is 11.9. The van der Waals surface area contributed by atoms with Gasteiger partial charge < -0.3 is 15.5 Å². The smallest absolute Gasteiger partial charge is 0.253 e. The molecular weight excluding hydrogens is 240 g/mol. The van der Waals surface area contributed by atoms with E-state index in [-0.39, 0.29) is 11.6 Å². The summed E-state index contributed by atoms with van der Waals surface area (Å²) < 4.78 is 5.56. The molecule has 3 N–H and O–H groups in total. The minimum atomic E-state index is -0.278. The highest BCUT2D eigenvalue weighted by Crippen LogP contribution is 2.27. The molecule has 0 bridgehead atoms. The molecule has 0 saturated carbocycles. The number of hydrogen-bond donors (Lipinski definition) is 2. The van der Waals surface area contributed by atoms with Crippen LogP contribution in [0.25, 0.3) is 11.3 Å². The molecule has 0 radical (unpaired) electrons. The van der Waals surface area contributed by atoms with Gasteiger partial charge in [-0.25, -0.2) is 0 Å². The average molecular weight is 258 g/mol. The summed E-state index contributed by atoms with van der Waals surface area (Å²) in [6.07, 6.45) is 0. The van der Waals surface area contributed by atoms with E-state index >= 15 is 0 Å². The van der Waals surface area contributed by atoms with Crippen molar-refractivity contribution < 1.29 is 4.74 Å². The molecular formula is C15H18N2O2. The number of nitrogens with two attached hydrogens (primary N) is 1. The molecule has 4 heteroatoms. The minimum Gasteiger partial charge on any atom is -0.493 e. The van der Waals surface area contributed by atoms with Crippen molar-refractivity contribution in [2.75, 3.05) is 6.61 Å². The molecule has 1 aromatic carbocycles. The van der Waals surface area contributed by atoms with Crippen molar-refractivity contribution in [3.8, 4) is 17.0 Å². The van der Waals surface area contributed by atoms with E-state index in [4.69, 9.17) is 10.5 Å². The number of aromatic amines is 1. The first-order valence-corrected chi connectivity index (χ1v) is 6.34. The van der Waals surface area contributed by atoms with E-state index in [2.05, 4.69) is 4.98 Å². The highest BCUT2D eigenvalue weighted by Gasteiger charge is 2.09. The summed E-state index contributed by atoms with van der Waals surface area (Å²) in [7, 11) is 0. The van der Waals surface area contributed by atoms with Gasteiger partial charge in [0.15, 0.2) is 0 Å². The fraction of sp³-hybridized carbons (Fsp3) is 0.267. The standard InChI is InChI=1S/C15H18N2O2/c1-3-19-14-7-5-4-6-12(14)13-9-8-11(10(2)16)15(18)17-13/h4-10H,3,16H2,1-2H3,(H,17,18). The van der Waals surface area contributed by atoms with Gasteiger partial charge in [0.05, 0.1) is 12.3 Å². The molecule has 0 spiro atoms. The molecule has 4 nitrogen and oxygen atoms in total. The molecule has 2 rings (SSSR count). The molecule has 1 unspecified atom stereocenters. The summed E-state index contributed by atoms with van der Waals surface area (Å²) in [6.45, 7) is 4.30. The molecule has 1 heterocycles. The maximum atomic E-state index is 11.9. The van der Waals surface area contributed by atoms with Crippen LogP contribution in [0.5, 0.6) is 5.75 Å². The number of benzene rings is 1. The molecule has 1 atom stereocenters. The molecule has 0 fully saturated rings. The van der Waals surface area contributed by atoms with Gasteiger partial charge in [-0.3, -0.25) is 4.79 Å². The quantitative estimate of drug-likeness (QED) is 0.885. The molecule has 100 valence electrons. The predicted octanol–water partition coefficient (Wildman–Crippen LogP) is 2.46. The van der Waals surface area contributed by atoms with E-state index in [1.807, 2.05) is 37.3 Å². The Bertz CT molecular complexity index is 618. The van der Waals surface area contributed by atoms with Crippen molar-refractivity contribution >= 4 is 0 Å². The lowest BCUT2D eigenvalue weighted by atomic mass is 10.1. The van der Waals surface area contributed by atoms with Gasteiger partial charge in [-0.1, -0.05) is 12.1 Å². The van der Waals surface area contributed by atoms with Gasteiger partial charge in [0.2, 0.25) is 0 Å². The van der Waals surface area contributed by atoms with E-state index in [0.717, 1.165) is 17.0 Å². The highest BCUT2D eigenvalue weighted by atomic mass is 16.5. The van der Waals surface area contributed by atoms with Crippen LogP contribution in [-0.4, -0.2) is 11.6 Å². The monoisotopic (exact) mass is 258 g/mol. The Morgan fingerprint density at radius 3 is 2.63 bits per heavy atom. The topological polar surface area (TPSA) is 68.1 Å². The summed E-state index contributed by atoms with van der Waals surface area (Å²) in [5.74, 6) is 0.759. The van der Waals surface area contributed by atoms with Crippen LogP contribution in [0.3, 0.4) is 0 Å². The molecule has 0 aliphatic heterocycles. The largest absolute Gasteiger partial charge is 0.493 e. The van der Waals surface area contributed by atoms with E-state index in [9.17, 15) is 4.79 Å². The van der Waals surface area contributed by atoms with E-state index in [0.29, 0.717) is 12.2 Å². The summed E-state index contributed by atoms with van der Waals surface area (Å²) in [4.78, 5) is 14.8. The summed E-state index contributed by atoms with van der Waals surface area (Å²) in [5.41, 5.74) is 7.77. The van der Waals surface area contributed by atoms with Gasteiger partial charge in [0.25, 0.3) is 5.56 Å². The van der Waals surface area contributed by atoms with E-state index in [1.54, 1.807) is 13.0 Å². The molecule has 19 heavy (non-hydrogen) atoms. The number of nitrogens with one attached hydrogen (secondary N) is 1. The summed E-state index contributed by atoms with van der Waals surface area (Å²) >= 11 is 0. The van der Waals surface area contributed by atoms with Crippen LogP contribution in [0.15, 0.2) is 41.2 Å². The molecule has 0 aliphatic carbocycles. The second kappa shape index (κ2) is 5.71. The molecule has 1 aromatic heterocycles. The zero-order valence-corrected chi connectivity index (χ0v) is 11.1. The van der Waals surface area contributed by atoms with E-state index in [1.165, 1.54) is 0 Å². The second-order valence-corrected chi connectivity index (χ2v) is 4.37. The van der Waals surface area contributed by atoms with Crippen molar-refractivity contribution in [3.05, 3.63) is 52.3 Å². The zero-order chi connectivity index (χ0) is 13.8. The van der Waals surface area contributed by atoms with Gasteiger partial charge in [-0.2, -0.15) is 0 Å². The Hall–Kier alpha value is -2.07. The number of rotatable bonds is 4. The lowest BCUT2D eigenvalue weighted by molar-refractivity contribution is 0.341. The Kier molecular flexibility index (Phi) is 4.02. The van der Waals surface area contributed by atoms with Crippen molar-refractivity contribution in [2.24, 2.45) is 5.73 Å². The lowest BCUT2D eigenvalue weighted by Gasteiger charge is -2.11. The van der Waals surface area contributed by atoms with Gasteiger partial charge in [-0.05, 0) is 38.1 Å². The number of aromatic nitrogens is 1. The lowest BCUT2D eigenvalue weighted by Crippen LogP contribution is -2.19. The van der Waals surface area contributed by atoms with Gasteiger partial charge in [0.1, 0.15) is 5.75 Å². The van der Waals surface area contributed by atoms with Crippen molar-refractivity contribution in [1.29, 1.82) is 0 Å². The van der Waals surface area contributed by atoms with Gasteiger partial charge in [0, 0.05) is 17.2 Å². The van der Waals surface area contributed by atoms with Crippen LogP contribution < -0.4 is 16.0 Å². The van der Waals surface area contributed by atoms with Crippen molar-refractivity contribution in [2.45, 2.75) is 19.9 Å². The first kappa shape index (κ1) is 13.4. The molecule has 0 saturated heterocycles. The third kappa shape index (κ3) is 2.85. The fourth-order valence-electron chi connectivity index (χ4n) is 1.97. The van der Waals surface area contributed by atoms with Crippen LogP contribution >= 0.6 is 0 Å². The van der Waals surface area contributed by atoms with Gasteiger partial charge >= 0.3 is 0 Å². The van der Waals surface area contributed by atoms with Crippen LogP contribution in [-0.2, 0) is 0 Å². The number of para-hydroxylation sites is 1. The van der Waals surface area contributed by atoms with Crippen LogP contribution in [0.4, 0.5) is 0 Å². The van der Waals surface area contributed by atoms with E-state index < -0.39 is 0 Å². The molecule has 0 aliphatic rings. The maximum Gasteiger partial charge on any atom is 0.253 e. The summed E-state index contributed by atoms with van der Waals surface area (Å²) in [6, 6.07) is 11.0. The second-order valence-electron chi connectivity index (χ2n) is 4.37. The number of pyridine rings is 1. The third-order valence-corrected chi connectivity index (χ3v) is 2.91. The Morgan fingerprint density at radius 1 is 1.26 bits per heavy atom. The first-order chi connectivity index (χ1) is 9.13. The normalized spacial score (nSPS) is 12.2. The zero-order valence-electron chi connectivity index (χ0n) is 11.1. The predicted molar refractivity (Wildman–Crippen MR) is 76.3 cm³/mol. The number of H-pyrrole nitrogens is 1. The molecule has 2 aromatic rings. The molecule has 0 amide bonds. The third-order valence-electron chi connectivity index (χ3n) is 2.91. The fourth-order valence-corrected chi connectivity index (χ4v) is 1.97. The number of ether oxygens (including phenoxy) is 1. The Labute approximate surface area is 112 Å². The minimum absolute atomic E-state index is 0.154. The first-order valence-electron chi connectivity index (χ1n) is 6.34. The van der Waals surface area contributed by atoms with Crippen molar-refractivity contribution in [1.82, 2.24) is 4.98 Å². The number of hydrogen-bond acceptors (Lipinski definition) is 3. The van der Waals surface area contributed by atoms with Crippen LogP contribution in [0.1, 0.15) is 25.5 Å². The van der Waals surface area contributed by atoms with Gasteiger partial charge in [-0.15, -0.1) is 0 Å². The Morgan fingerprint density at radius 2 is 2.00 bits per heavy atom. The Balaban J connectivity index is 2.48. The van der Waals surface area contributed by atoms with Crippen molar-refractivity contribution in [3.63, 3.8) is 0 Å². The summed E-state index contributed by atoms with van der Waals surface area (Å²) in [5, 5.41) is 0. The van der Waals surface area contributed by atoms with Crippen LogP contribution in [0.2, 0.25) is 0 Å². The SMILES string of the molecule is CCOc1ccccc1-c1ccc(C(C)N)c(=O)[nH]1. The highest BCUT2D eigenvalue weighted by molar-refractivity contribution is 5.67.